The zero-order chi connectivity index (χ0) is 7.68. The smallest absolute Gasteiger partial charge is 0.158 e. The van der Waals surface area contributed by atoms with E-state index in [1.165, 1.54) is 11.3 Å². The Hall–Kier alpha value is -0.870. The lowest BCUT2D eigenvalue weighted by atomic mass is 10.4. The Bertz CT molecular complexity index is 384. The number of aromatic amines is 1. The van der Waals surface area contributed by atoms with E-state index < -0.39 is 0 Å². The molecule has 11 heavy (non-hydrogen) atoms. The van der Waals surface area contributed by atoms with Crippen LogP contribution in [0.25, 0.3) is 11.5 Å². The van der Waals surface area contributed by atoms with Crippen LogP contribution in [0.15, 0.2) is 28.2 Å². The van der Waals surface area contributed by atoms with Crippen LogP contribution in [0.2, 0.25) is 0 Å². The number of thiazole rings is 1. The first-order valence-electron chi connectivity index (χ1n) is 3.08. The molecule has 0 amide bonds. The summed E-state index contributed by atoms with van der Waals surface area (Å²) in [5.41, 5.74) is 0.949. The second-order valence-corrected chi connectivity index (χ2v) is 3.59. The molecular weight excluding hydrogens is 178 g/mol. The van der Waals surface area contributed by atoms with Crippen molar-refractivity contribution in [2.45, 2.75) is 0 Å². The van der Waals surface area contributed by atoms with E-state index in [0.29, 0.717) is 0 Å². The van der Waals surface area contributed by atoms with Gasteiger partial charge in [0.25, 0.3) is 0 Å². The van der Waals surface area contributed by atoms with Crippen molar-refractivity contribution in [3.05, 3.63) is 27.7 Å². The van der Waals surface area contributed by atoms with E-state index in [2.05, 4.69) is 4.98 Å². The quantitative estimate of drug-likeness (QED) is 0.688. The Kier molecular flexibility index (Phi) is 1.63. The Balaban J connectivity index is 2.53. The highest BCUT2D eigenvalue weighted by Crippen LogP contribution is 2.19. The lowest BCUT2D eigenvalue weighted by Gasteiger charge is -1.85. The molecule has 0 bridgehead atoms. The first-order valence-corrected chi connectivity index (χ1v) is 4.37. The fourth-order valence-corrected chi connectivity index (χ4v) is 1.66. The van der Waals surface area contributed by atoms with Gasteiger partial charge in [-0.25, -0.2) is 0 Å². The Labute approximate surface area is 72.5 Å². The molecule has 0 saturated carbocycles. The maximum atomic E-state index is 5.16. The standard InChI is InChI=1S/C7H5NOS2/c10-7-8-5(4-11-7)6-2-1-3-9-6/h1-4H,(H,8,10). The van der Waals surface area contributed by atoms with Crippen molar-refractivity contribution < 1.29 is 4.42 Å². The summed E-state index contributed by atoms with van der Waals surface area (Å²) >= 11 is 6.43. The van der Waals surface area contributed by atoms with Crippen LogP contribution < -0.4 is 0 Å². The third-order valence-corrected chi connectivity index (χ3v) is 2.37. The van der Waals surface area contributed by atoms with Gasteiger partial charge in [0.05, 0.1) is 12.0 Å². The van der Waals surface area contributed by atoms with E-state index in [0.717, 1.165) is 15.4 Å². The molecule has 4 heteroatoms. The van der Waals surface area contributed by atoms with E-state index in [9.17, 15) is 0 Å². The maximum Gasteiger partial charge on any atom is 0.158 e. The Morgan fingerprint density at radius 3 is 3.00 bits per heavy atom. The van der Waals surface area contributed by atoms with Gasteiger partial charge in [0.1, 0.15) is 0 Å². The Morgan fingerprint density at radius 2 is 2.45 bits per heavy atom. The minimum Gasteiger partial charge on any atom is -0.463 e. The van der Waals surface area contributed by atoms with Crippen molar-refractivity contribution in [3.63, 3.8) is 0 Å². The number of H-pyrrole nitrogens is 1. The minimum absolute atomic E-state index is 0.774. The van der Waals surface area contributed by atoms with Crippen LogP contribution in [0.3, 0.4) is 0 Å². The molecule has 56 valence electrons. The van der Waals surface area contributed by atoms with E-state index in [1.54, 1.807) is 6.26 Å². The van der Waals surface area contributed by atoms with Crippen molar-refractivity contribution in [2.75, 3.05) is 0 Å². The number of hydrogen-bond acceptors (Lipinski definition) is 3. The largest absolute Gasteiger partial charge is 0.463 e. The molecule has 0 unspecified atom stereocenters. The summed E-state index contributed by atoms with van der Waals surface area (Å²) in [7, 11) is 0. The van der Waals surface area contributed by atoms with Crippen LogP contribution in [-0.4, -0.2) is 4.98 Å². The van der Waals surface area contributed by atoms with Crippen molar-refractivity contribution in [1.29, 1.82) is 0 Å². The molecule has 2 aromatic rings. The van der Waals surface area contributed by atoms with Gasteiger partial charge in [0, 0.05) is 5.38 Å². The average molecular weight is 183 g/mol. The number of aromatic nitrogens is 1. The first kappa shape index (κ1) is 6.82. The third-order valence-electron chi connectivity index (χ3n) is 1.31. The van der Waals surface area contributed by atoms with Crippen molar-refractivity contribution in [2.24, 2.45) is 0 Å². The van der Waals surface area contributed by atoms with Gasteiger partial charge >= 0.3 is 0 Å². The second kappa shape index (κ2) is 2.64. The van der Waals surface area contributed by atoms with E-state index in [-0.39, 0.29) is 0 Å². The zero-order valence-electron chi connectivity index (χ0n) is 5.53. The second-order valence-electron chi connectivity index (χ2n) is 2.04. The van der Waals surface area contributed by atoms with E-state index >= 15 is 0 Å². The highest BCUT2D eigenvalue weighted by atomic mass is 32.1. The summed E-state index contributed by atoms with van der Waals surface area (Å²) in [6, 6.07) is 3.75. The van der Waals surface area contributed by atoms with Gasteiger partial charge < -0.3 is 9.40 Å². The molecule has 0 aliphatic carbocycles. The molecule has 0 spiro atoms. The number of rotatable bonds is 1. The monoisotopic (exact) mass is 183 g/mol. The summed E-state index contributed by atoms with van der Waals surface area (Å²) in [6.07, 6.45) is 1.64. The topological polar surface area (TPSA) is 28.9 Å². The van der Waals surface area contributed by atoms with Gasteiger partial charge in [-0.2, -0.15) is 0 Å². The van der Waals surface area contributed by atoms with Gasteiger partial charge in [0.2, 0.25) is 0 Å². The lowest BCUT2D eigenvalue weighted by Crippen LogP contribution is -1.69. The van der Waals surface area contributed by atoms with Crippen LogP contribution in [0.1, 0.15) is 0 Å². The molecule has 2 aromatic heterocycles. The van der Waals surface area contributed by atoms with E-state index in [1.807, 2.05) is 17.5 Å². The number of nitrogens with one attached hydrogen (secondary N) is 1. The maximum absolute atomic E-state index is 5.16. The molecule has 0 fully saturated rings. The molecule has 0 atom stereocenters. The Morgan fingerprint density at radius 1 is 1.55 bits per heavy atom. The zero-order valence-corrected chi connectivity index (χ0v) is 7.17. The molecule has 1 N–H and O–H groups in total. The summed E-state index contributed by atoms with van der Waals surface area (Å²) in [4.78, 5) is 3.02. The highest BCUT2D eigenvalue weighted by Gasteiger charge is 1.99. The lowest BCUT2D eigenvalue weighted by molar-refractivity contribution is 0.580. The summed E-state index contributed by atoms with van der Waals surface area (Å²) in [5, 5.41) is 1.95. The van der Waals surface area contributed by atoms with Gasteiger partial charge in [-0.1, -0.05) is 0 Å². The summed E-state index contributed by atoms with van der Waals surface area (Å²) in [6.45, 7) is 0. The van der Waals surface area contributed by atoms with Crippen molar-refractivity contribution in [3.8, 4) is 11.5 Å². The van der Waals surface area contributed by atoms with Crippen LogP contribution in [0.4, 0.5) is 0 Å². The molecule has 0 aromatic carbocycles. The molecule has 2 heterocycles. The van der Waals surface area contributed by atoms with Crippen LogP contribution >= 0.6 is 23.6 Å². The fourth-order valence-electron chi connectivity index (χ4n) is 0.833. The number of hydrogen-bond donors (Lipinski definition) is 1. The summed E-state index contributed by atoms with van der Waals surface area (Å²) < 4.78 is 5.94. The molecule has 0 aliphatic rings. The van der Waals surface area contributed by atoms with Crippen molar-refractivity contribution >= 4 is 23.6 Å². The van der Waals surface area contributed by atoms with Crippen LogP contribution in [0, 0.1) is 3.95 Å². The molecule has 2 nitrogen and oxygen atoms in total. The highest BCUT2D eigenvalue weighted by molar-refractivity contribution is 7.73. The average Bonchev–Trinajstić information content (AvgIpc) is 2.55. The molecule has 0 saturated heterocycles. The molecule has 2 rings (SSSR count). The van der Waals surface area contributed by atoms with E-state index in [4.69, 9.17) is 16.6 Å². The van der Waals surface area contributed by atoms with Gasteiger partial charge in [-0.05, 0) is 24.4 Å². The van der Waals surface area contributed by atoms with Gasteiger partial charge in [0.15, 0.2) is 9.71 Å². The number of furan rings is 1. The van der Waals surface area contributed by atoms with Crippen LogP contribution in [0.5, 0.6) is 0 Å². The molecular formula is C7H5NOS2. The molecule has 0 aliphatic heterocycles. The summed E-state index contributed by atoms with van der Waals surface area (Å²) in [5.74, 6) is 0.831. The first-order chi connectivity index (χ1) is 5.36. The predicted molar refractivity (Wildman–Crippen MR) is 47.2 cm³/mol. The predicted octanol–water partition coefficient (Wildman–Crippen LogP) is 3.07. The SMILES string of the molecule is S=c1[nH]c(-c2ccco2)cs1. The third kappa shape index (κ3) is 1.27. The molecule has 0 radical (unpaired) electrons. The van der Waals surface area contributed by atoms with Gasteiger partial charge in [-0.3, -0.25) is 0 Å². The normalized spacial score (nSPS) is 10.2. The van der Waals surface area contributed by atoms with Crippen LogP contribution in [-0.2, 0) is 0 Å². The minimum atomic E-state index is 0.774. The van der Waals surface area contributed by atoms with Crippen molar-refractivity contribution in [1.82, 2.24) is 4.98 Å². The fraction of sp³-hybridized carbons (Fsp3) is 0. The van der Waals surface area contributed by atoms with Gasteiger partial charge in [-0.15, -0.1) is 11.3 Å².